The molecule has 3 aromatic carbocycles. The van der Waals surface area contributed by atoms with Gasteiger partial charge in [0.05, 0.1) is 61.1 Å². The Kier molecular flexibility index (Phi) is 14.7. The third kappa shape index (κ3) is 9.67. The van der Waals surface area contributed by atoms with Crippen molar-refractivity contribution in [2.45, 2.75) is 115 Å². The van der Waals surface area contributed by atoms with Crippen LogP contribution in [0.4, 0.5) is 38.9 Å². The van der Waals surface area contributed by atoms with Gasteiger partial charge in [-0.3, -0.25) is 24.7 Å². The zero-order valence-corrected chi connectivity index (χ0v) is 49.4. The van der Waals surface area contributed by atoms with Crippen molar-refractivity contribution >= 4 is 89.3 Å². The average molecular weight is 1230 g/mol. The fourth-order valence-electron chi connectivity index (χ4n) is 13.9. The number of cyclic esters (lactones) is 1. The maximum Gasteiger partial charge on any atom is 0.412 e. The maximum absolute atomic E-state index is 17.6. The summed E-state index contributed by atoms with van der Waals surface area (Å²) in [6.07, 6.45) is 1.46. The molecule has 0 radical (unpaired) electrons. The molecular weight excluding hydrogens is 1170 g/mol. The molecule has 19 nitrogen and oxygen atoms in total. The van der Waals surface area contributed by atoms with Gasteiger partial charge in [0, 0.05) is 84.1 Å². The first kappa shape index (κ1) is 58.1. The first-order chi connectivity index (χ1) is 41.7. The molecule has 4 N–H and O–H groups in total. The number of fused-ring (bicyclic) bond motifs is 8. The Balaban J connectivity index is 0.748. The number of likely N-dealkylation sites (tertiary alicyclic amines) is 1. The Hall–Kier alpha value is -7.95. The van der Waals surface area contributed by atoms with Crippen molar-refractivity contribution in [1.29, 1.82) is 5.26 Å². The van der Waals surface area contributed by atoms with Crippen molar-refractivity contribution < 1.29 is 51.3 Å². The fourth-order valence-corrected chi connectivity index (χ4v) is 15.1. The van der Waals surface area contributed by atoms with Gasteiger partial charge in [0.15, 0.2) is 11.4 Å². The first-order valence-electron chi connectivity index (χ1n) is 29.1. The van der Waals surface area contributed by atoms with Crippen LogP contribution in [0.3, 0.4) is 0 Å². The second-order valence-corrected chi connectivity index (χ2v) is 25.0. The number of halogens is 5. The second kappa shape index (κ2) is 22.0. The number of piperazine rings is 1. The zero-order valence-electron chi connectivity index (χ0n) is 47.8. The molecule has 87 heavy (non-hydrogen) atoms. The molecule has 452 valence electrons. The number of alkyl halides is 1. The lowest BCUT2D eigenvalue weighted by molar-refractivity contribution is -0.172. The Morgan fingerprint density at radius 1 is 1.02 bits per heavy atom. The summed E-state index contributed by atoms with van der Waals surface area (Å²) < 4.78 is 82.9. The van der Waals surface area contributed by atoms with Crippen LogP contribution in [0.2, 0.25) is 5.02 Å². The van der Waals surface area contributed by atoms with E-state index >= 15 is 13.2 Å². The standard InChI is InChI=1S/C62H60ClF4N11O8S/c1-5-62(83)41-20-47-51-39(27-78(47)57(80)40(41)28-84-58(62)81)38(26-74-13-7-6-8-14-74)35-19-46(44(66)21-45(35)70-51)71-60(82)86-32(4)31(3)56(79)75-16-17-77(30(2)24-75)55-36-18-42(63)49(34-10-11-43(65)53-48(34)37(23-68)54(69)87-53)50(67)52(36)72-59(73-55)85-29-61-12-9-15-76(61)25-33(64)22-61/h10-11,18-21,30,32-33,83H,3,5-9,12-17,22,24-29,69H2,1-2,4H3,(H,71,82)/t30-,32-,33+,61-,62-/m0/s1. The number of aromatic nitrogens is 4. The van der Waals surface area contributed by atoms with Crippen LogP contribution in [0.1, 0.15) is 93.5 Å². The van der Waals surface area contributed by atoms with Gasteiger partial charge in [-0.25, -0.2) is 32.1 Å². The van der Waals surface area contributed by atoms with Crippen molar-refractivity contribution in [3.05, 3.63) is 109 Å². The van der Waals surface area contributed by atoms with E-state index in [9.17, 15) is 33.9 Å². The predicted octanol–water partition coefficient (Wildman–Crippen LogP) is 9.60. The summed E-state index contributed by atoms with van der Waals surface area (Å²) in [6, 6.07) is 9.58. The summed E-state index contributed by atoms with van der Waals surface area (Å²) in [5, 5.41) is 24.8. The van der Waals surface area contributed by atoms with Gasteiger partial charge in [-0.1, -0.05) is 37.6 Å². The summed E-state index contributed by atoms with van der Waals surface area (Å²) >= 11 is 7.86. The number of amides is 2. The van der Waals surface area contributed by atoms with Gasteiger partial charge in [0.25, 0.3) is 11.5 Å². The van der Waals surface area contributed by atoms with Crippen LogP contribution in [-0.2, 0) is 44.4 Å². The molecule has 4 aromatic heterocycles. The summed E-state index contributed by atoms with van der Waals surface area (Å²) in [7, 11) is 0. The molecule has 0 aliphatic carbocycles. The lowest BCUT2D eigenvalue weighted by atomic mass is 9.86. The van der Waals surface area contributed by atoms with Crippen LogP contribution in [0, 0.1) is 28.8 Å². The van der Waals surface area contributed by atoms with E-state index in [1.807, 2.05) is 17.9 Å². The SMILES string of the molecule is C=C(C(=O)N1CCN(c2nc(OC[C@@]34CCCN3C[C@H](F)C4)nc3c(F)c(-c4ccc(F)c5sc(N)c(C#N)c45)c(Cl)cc23)[C@@H](C)C1)[C@H](C)OC(=O)Nc1cc2c(CN3CCCCC3)c3c(nc2cc1F)-c1cc2c(c(=O)n1C3)COC(=O)[C@]2(O)CC. The van der Waals surface area contributed by atoms with Crippen LogP contribution >= 0.6 is 22.9 Å². The van der Waals surface area contributed by atoms with E-state index in [-0.39, 0.29) is 146 Å². The molecule has 7 aromatic rings. The summed E-state index contributed by atoms with van der Waals surface area (Å²) in [5.74, 6) is -3.54. The number of rotatable bonds is 12. The van der Waals surface area contributed by atoms with E-state index in [0.29, 0.717) is 41.8 Å². The molecule has 0 saturated carbocycles. The van der Waals surface area contributed by atoms with Crippen molar-refractivity contribution in [3.8, 4) is 34.6 Å². The number of thiophene rings is 1. The van der Waals surface area contributed by atoms with Crippen LogP contribution in [-0.4, -0.2) is 134 Å². The molecule has 0 bridgehead atoms. The number of ether oxygens (including phenoxy) is 3. The molecule has 25 heteroatoms. The van der Waals surface area contributed by atoms with Gasteiger partial charge < -0.3 is 39.4 Å². The number of anilines is 3. The van der Waals surface area contributed by atoms with Crippen LogP contribution in [0.5, 0.6) is 6.01 Å². The van der Waals surface area contributed by atoms with Gasteiger partial charge in [-0.15, -0.1) is 11.3 Å². The highest BCUT2D eigenvalue weighted by Crippen LogP contribution is 2.48. The number of pyridine rings is 2. The lowest BCUT2D eigenvalue weighted by Crippen LogP contribution is -2.54. The number of carbonyl (C=O) groups excluding carboxylic acids is 3. The van der Waals surface area contributed by atoms with E-state index in [2.05, 4.69) is 26.7 Å². The number of nitrogens with zero attached hydrogens (tertiary/aromatic N) is 9. The van der Waals surface area contributed by atoms with Gasteiger partial charge in [0.1, 0.15) is 59.5 Å². The minimum atomic E-state index is -2.04. The van der Waals surface area contributed by atoms with Crippen LogP contribution < -0.4 is 26.2 Å². The minimum Gasteiger partial charge on any atom is -0.461 e. The van der Waals surface area contributed by atoms with Gasteiger partial charge in [0.2, 0.25) is 0 Å². The predicted molar refractivity (Wildman–Crippen MR) is 319 cm³/mol. The number of nitrogens with two attached hydrogens (primary N) is 1. The fraction of sp³-hybridized carbons (Fsp3) is 0.419. The van der Waals surface area contributed by atoms with E-state index in [0.717, 1.165) is 61.7 Å². The number of nitrogen functional groups attached to an aromatic ring is 1. The number of nitriles is 1. The highest BCUT2D eigenvalue weighted by molar-refractivity contribution is 7.23. The molecule has 2 amide bonds. The number of benzene rings is 3. The van der Waals surface area contributed by atoms with Crippen molar-refractivity contribution in [2.24, 2.45) is 0 Å². The summed E-state index contributed by atoms with van der Waals surface area (Å²) in [4.78, 5) is 77.1. The second-order valence-electron chi connectivity index (χ2n) is 23.6. The van der Waals surface area contributed by atoms with Crippen LogP contribution in [0.15, 0.2) is 53.3 Å². The monoisotopic (exact) mass is 1230 g/mol. The van der Waals surface area contributed by atoms with Gasteiger partial charge in [-0.2, -0.15) is 15.2 Å². The third-order valence-corrected chi connectivity index (χ3v) is 19.8. The molecule has 4 saturated heterocycles. The molecule has 6 aliphatic rings. The number of piperidine rings is 1. The molecule has 0 unspecified atom stereocenters. The smallest absolute Gasteiger partial charge is 0.412 e. The van der Waals surface area contributed by atoms with E-state index < -0.39 is 70.4 Å². The Labute approximate surface area is 504 Å². The zero-order chi connectivity index (χ0) is 61.1. The number of carbonyl (C=O) groups is 3. The molecule has 4 fully saturated rings. The average Bonchev–Trinajstić information content (AvgIpc) is 1.73. The Morgan fingerprint density at radius 2 is 1.82 bits per heavy atom. The molecule has 6 aliphatic heterocycles. The highest BCUT2D eigenvalue weighted by Gasteiger charge is 2.50. The number of aliphatic hydroxyl groups is 1. The maximum atomic E-state index is 17.6. The normalized spacial score (nSPS) is 22.2. The van der Waals surface area contributed by atoms with Gasteiger partial charge in [-0.05, 0) is 101 Å². The van der Waals surface area contributed by atoms with Crippen molar-refractivity contribution in [1.82, 2.24) is 34.2 Å². The molecular formula is C62H60ClF4N11O8S. The Bertz CT molecular complexity index is 4230. The summed E-state index contributed by atoms with van der Waals surface area (Å²) in [5.41, 5.74) is 5.35. The molecule has 10 heterocycles. The van der Waals surface area contributed by atoms with Crippen LogP contribution in [0.25, 0.3) is 54.4 Å². The highest BCUT2D eigenvalue weighted by atomic mass is 35.5. The van der Waals surface area contributed by atoms with E-state index in [4.69, 9.17) is 41.5 Å². The largest absolute Gasteiger partial charge is 0.461 e. The van der Waals surface area contributed by atoms with Gasteiger partial charge >= 0.3 is 18.1 Å². The lowest BCUT2D eigenvalue weighted by Gasteiger charge is -2.41. The first-order valence-corrected chi connectivity index (χ1v) is 30.3. The number of hydrogen-bond donors (Lipinski definition) is 3. The topological polar surface area (TPSA) is 235 Å². The molecule has 5 atom stereocenters. The number of nitrogens with one attached hydrogen (secondary N) is 1. The molecule has 0 spiro atoms. The number of esters is 1. The van der Waals surface area contributed by atoms with Crippen molar-refractivity contribution in [3.63, 3.8) is 0 Å². The molecule has 13 rings (SSSR count). The van der Waals surface area contributed by atoms with E-state index in [1.165, 1.54) is 40.7 Å². The Morgan fingerprint density at radius 3 is 2.57 bits per heavy atom. The third-order valence-electron chi connectivity index (χ3n) is 18.5. The van der Waals surface area contributed by atoms with Crippen molar-refractivity contribution in [2.75, 3.05) is 68.4 Å². The summed E-state index contributed by atoms with van der Waals surface area (Å²) in [6.45, 7) is 12.1. The minimum absolute atomic E-state index is 0.0289. The van der Waals surface area contributed by atoms with E-state index in [1.54, 1.807) is 13.0 Å². The number of hydrogen-bond acceptors (Lipinski definition) is 17. The quantitative estimate of drug-likeness (QED) is 0.0587.